The maximum atomic E-state index is 9.84. The molecule has 0 aromatic carbocycles. The summed E-state index contributed by atoms with van der Waals surface area (Å²) in [5.74, 6) is 0. The summed E-state index contributed by atoms with van der Waals surface area (Å²) in [5.41, 5.74) is 0. The molecule has 0 aliphatic carbocycles. The van der Waals surface area contributed by atoms with Crippen molar-refractivity contribution in [1.29, 1.82) is 0 Å². The van der Waals surface area contributed by atoms with Crippen LogP contribution in [0.4, 0.5) is 0 Å². The molecule has 0 radical (unpaired) electrons. The third kappa shape index (κ3) is 10.9. The first kappa shape index (κ1) is 12.6. The monoisotopic (exact) mass is 164 g/mol. The van der Waals surface area contributed by atoms with Crippen LogP contribution in [-0.2, 0) is 4.79 Å². The number of unbranched alkanes of at least 4 members (excludes halogenated alkanes) is 5. The number of hydrogen-bond donors (Lipinski definition) is 0. The van der Waals surface area contributed by atoms with E-state index in [1.165, 1.54) is 25.7 Å². The zero-order chi connectivity index (χ0) is 6.95. The predicted octanol–water partition coefficient (Wildman–Crippen LogP) is 2.97. The summed E-state index contributed by atoms with van der Waals surface area (Å²) in [6, 6.07) is 0. The van der Waals surface area contributed by atoms with E-state index in [1.807, 2.05) is 0 Å². The van der Waals surface area contributed by atoms with Gasteiger partial charge in [-0.15, -0.1) is 12.4 Å². The van der Waals surface area contributed by atoms with E-state index in [-0.39, 0.29) is 12.4 Å². The van der Waals surface area contributed by atoms with Gasteiger partial charge in [0.1, 0.15) is 6.29 Å². The molecule has 0 saturated carbocycles. The highest BCUT2D eigenvalue weighted by molar-refractivity contribution is 5.85. The van der Waals surface area contributed by atoms with Gasteiger partial charge in [-0.2, -0.15) is 0 Å². The Labute approximate surface area is 69.6 Å². The average Bonchev–Trinajstić information content (AvgIpc) is 1.89. The lowest BCUT2D eigenvalue weighted by atomic mass is 10.1. The highest BCUT2D eigenvalue weighted by Crippen LogP contribution is 2.02. The van der Waals surface area contributed by atoms with Crippen molar-refractivity contribution in [2.24, 2.45) is 0 Å². The van der Waals surface area contributed by atoms with Gasteiger partial charge < -0.3 is 4.79 Å². The highest BCUT2D eigenvalue weighted by Gasteiger charge is 1.85. The Bertz CT molecular complexity index is 64.3. The largest absolute Gasteiger partial charge is 0.303 e. The van der Waals surface area contributed by atoms with Gasteiger partial charge in [0.05, 0.1) is 0 Å². The van der Waals surface area contributed by atoms with Gasteiger partial charge in [-0.25, -0.2) is 0 Å². The molecule has 10 heavy (non-hydrogen) atoms. The molecule has 0 amide bonds. The van der Waals surface area contributed by atoms with Crippen LogP contribution < -0.4 is 0 Å². The summed E-state index contributed by atoms with van der Waals surface area (Å²) in [5, 5.41) is 0. The Hall–Kier alpha value is -0.0400. The third-order valence-corrected chi connectivity index (χ3v) is 1.43. The molecule has 0 bridgehead atoms. The third-order valence-electron chi connectivity index (χ3n) is 1.43. The first-order valence-electron chi connectivity index (χ1n) is 3.85. The van der Waals surface area contributed by atoms with Gasteiger partial charge in [0, 0.05) is 6.42 Å². The number of carbonyl (C=O) groups is 1. The molecule has 0 N–H and O–H groups in total. The van der Waals surface area contributed by atoms with Crippen LogP contribution >= 0.6 is 12.4 Å². The van der Waals surface area contributed by atoms with Gasteiger partial charge in [-0.05, 0) is 6.42 Å². The van der Waals surface area contributed by atoms with E-state index in [4.69, 9.17) is 0 Å². The molecule has 1 nitrogen and oxygen atoms in total. The number of aldehydes is 1. The zero-order valence-electron chi connectivity index (χ0n) is 6.64. The van der Waals surface area contributed by atoms with Crippen molar-refractivity contribution in [3.05, 3.63) is 0 Å². The lowest BCUT2D eigenvalue weighted by molar-refractivity contribution is -0.107. The second-order valence-electron chi connectivity index (χ2n) is 2.37. The van der Waals surface area contributed by atoms with E-state index in [2.05, 4.69) is 6.92 Å². The second kappa shape index (κ2) is 11.7. The van der Waals surface area contributed by atoms with Crippen molar-refractivity contribution >= 4 is 18.7 Å². The van der Waals surface area contributed by atoms with Crippen molar-refractivity contribution in [2.45, 2.75) is 45.4 Å². The Kier molecular flexibility index (Phi) is 14.8. The van der Waals surface area contributed by atoms with Crippen LogP contribution in [-0.4, -0.2) is 6.29 Å². The minimum Gasteiger partial charge on any atom is -0.303 e. The van der Waals surface area contributed by atoms with E-state index in [9.17, 15) is 4.79 Å². The summed E-state index contributed by atoms with van der Waals surface area (Å²) < 4.78 is 0. The molecule has 0 aliphatic rings. The molecule has 0 unspecified atom stereocenters. The van der Waals surface area contributed by atoms with E-state index in [0.29, 0.717) is 0 Å². The average molecular weight is 165 g/mol. The molecule has 0 fully saturated rings. The SMILES string of the molecule is CCCCCCCC=O.Cl. The van der Waals surface area contributed by atoms with Crippen LogP contribution in [0.2, 0.25) is 0 Å². The molecule has 0 aliphatic heterocycles. The molecule has 0 saturated heterocycles. The summed E-state index contributed by atoms with van der Waals surface area (Å²) in [6.07, 6.45) is 7.97. The smallest absolute Gasteiger partial charge is 0.119 e. The van der Waals surface area contributed by atoms with Crippen LogP contribution in [0.25, 0.3) is 0 Å². The fraction of sp³-hybridized carbons (Fsp3) is 0.875. The molecule has 0 aromatic rings. The Morgan fingerprint density at radius 1 is 1.10 bits per heavy atom. The van der Waals surface area contributed by atoms with Crippen molar-refractivity contribution in [3.63, 3.8) is 0 Å². The fourth-order valence-corrected chi connectivity index (χ4v) is 0.831. The van der Waals surface area contributed by atoms with Gasteiger partial charge in [0.15, 0.2) is 0 Å². The van der Waals surface area contributed by atoms with E-state index in [0.717, 1.165) is 19.1 Å². The van der Waals surface area contributed by atoms with E-state index >= 15 is 0 Å². The lowest BCUT2D eigenvalue weighted by Crippen LogP contribution is -1.78. The highest BCUT2D eigenvalue weighted by atomic mass is 35.5. The van der Waals surface area contributed by atoms with Crippen molar-refractivity contribution in [3.8, 4) is 0 Å². The van der Waals surface area contributed by atoms with Gasteiger partial charge in [-0.3, -0.25) is 0 Å². The van der Waals surface area contributed by atoms with Crippen LogP contribution in [0.1, 0.15) is 45.4 Å². The molecule has 62 valence electrons. The fourth-order valence-electron chi connectivity index (χ4n) is 0.831. The first-order chi connectivity index (χ1) is 4.41. The van der Waals surface area contributed by atoms with Gasteiger partial charge in [0.2, 0.25) is 0 Å². The number of hydrogen-bond acceptors (Lipinski definition) is 1. The standard InChI is InChI=1S/C8H16O.ClH/c1-2-3-4-5-6-7-8-9;/h8H,2-7H2,1H3;1H. The van der Waals surface area contributed by atoms with Crippen LogP contribution in [0, 0.1) is 0 Å². The first-order valence-corrected chi connectivity index (χ1v) is 3.85. The van der Waals surface area contributed by atoms with Crippen molar-refractivity contribution in [2.75, 3.05) is 0 Å². The van der Waals surface area contributed by atoms with Crippen LogP contribution in [0.5, 0.6) is 0 Å². The Morgan fingerprint density at radius 3 is 2.20 bits per heavy atom. The molecular formula is C8H17ClO. The molecule has 0 spiro atoms. The molecule has 0 rings (SSSR count). The summed E-state index contributed by atoms with van der Waals surface area (Å²) in [7, 11) is 0. The zero-order valence-corrected chi connectivity index (χ0v) is 7.45. The summed E-state index contributed by atoms with van der Waals surface area (Å²) in [6.45, 7) is 2.19. The van der Waals surface area contributed by atoms with Crippen molar-refractivity contribution in [1.82, 2.24) is 0 Å². The summed E-state index contributed by atoms with van der Waals surface area (Å²) in [4.78, 5) is 9.84. The normalized spacial score (nSPS) is 8.50. The number of rotatable bonds is 6. The van der Waals surface area contributed by atoms with Crippen molar-refractivity contribution < 1.29 is 4.79 Å². The maximum Gasteiger partial charge on any atom is 0.119 e. The minimum absolute atomic E-state index is 0. The minimum atomic E-state index is 0. The Balaban J connectivity index is 0. The molecule has 0 heterocycles. The number of carbonyl (C=O) groups excluding carboxylic acids is 1. The van der Waals surface area contributed by atoms with Gasteiger partial charge >= 0.3 is 0 Å². The quantitative estimate of drug-likeness (QED) is 0.436. The molecule has 2 heteroatoms. The summed E-state index contributed by atoms with van der Waals surface area (Å²) >= 11 is 0. The molecular weight excluding hydrogens is 148 g/mol. The van der Waals surface area contributed by atoms with E-state index < -0.39 is 0 Å². The lowest BCUT2D eigenvalue weighted by Gasteiger charge is -1.93. The van der Waals surface area contributed by atoms with Gasteiger partial charge in [0.25, 0.3) is 0 Å². The van der Waals surface area contributed by atoms with Crippen LogP contribution in [0.3, 0.4) is 0 Å². The van der Waals surface area contributed by atoms with Crippen LogP contribution in [0.15, 0.2) is 0 Å². The molecule has 0 aromatic heterocycles. The maximum absolute atomic E-state index is 9.84. The molecule has 0 atom stereocenters. The number of halogens is 1. The predicted molar refractivity (Wildman–Crippen MR) is 46.7 cm³/mol. The topological polar surface area (TPSA) is 17.1 Å². The Morgan fingerprint density at radius 2 is 1.70 bits per heavy atom. The second-order valence-corrected chi connectivity index (χ2v) is 2.37. The van der Waals surface area contributed by atoms with E-state index in [1.54, 1.807) is 0 Å². The van der Waals surface area contributed by atoms with Gasteiger partial charge in [-0.1, -0.05) is 32.6 Å².